The molecule has 0 spiro atoms. The van der Waals surface area contributed by atoms with Gasteiger partial charge in [0.05, 0.1) is 4.92 Å². The van der Waals surface area contributed by atoms with Crippen molar-refractivity contribution in [2.24, 2.45) is 0 Å². The van der Waals surface area contributed by atoms with Crippen molar-refractivity contribution in [3.05, 3.63) is 33.9 Å². The maximum atomic E-state index is 11.9. The molecule has 1 atom stereocenters. The Balaban J connectivity index is 2.01. The van der Waals surface area contributed by atoms with Crippen molar-refractivity contribution in [3.63, 3.8) is 0 Å². The second kappa shape index (κ2) is 7.07. The third kappa shape index (κ3) is 4.84. The second-order valence-corrected chi connectivity index (χ2v) is 7.16. The van der Waals surface area contributed by atoms with Crippen molar-refractivity contribution in [1.29, 1.82) is 0 Å². The molecule has 1 amide bonds. The van der Waals surface area contributed by atoms with E-state index in [4.69, 9.17) is 4.74 Å². The Bertz CT molecular complexity index is 625. The molecule has 0 aliphatic carbocycles. The van der Waals surface area contributed by atoms with Gasteiger partial charge in [-0.2, -0.15) is 0 Å². The number of amides is 1. The van der Waals surface area contributed by atoms with Crippen molar-refractivity contribution in [3.8, 4) is 0 Å². The zero-order valence-electron chi connectivity index (χ0n) is 14.7. The van der Waals surface area contributed by atoms with Crippen LogP contribution in [0, 0.1) is 17.0 Å². The highest BCUT2D eigenvalue weighted by Crippen LogP contribution is 2.26. The minimum Gasteiger partial charge on any atom is -0.444 e. The average molecular weight is 335 g/mol. The molecule has 0 aromatic heterocycles. The summed E-state index contributed by atoms with van der Waals surface area (Å²) < 4.78 is 5.30. The lowest BCUT2D eigenvalue weighted by molar-refractivity contribution is -0.385. The third-order valence-corrected chi connectivity index (χ3v) is 3.88. The smallest absolute Gasteiger partial charge is 0.407 e. The standard InChI is InChI=1S/C17H25N3O4/c1-12-10-14(7-8-15(12)20(22)23)19-9-5-6-13(11-19)18-16(21)24-17(2,3)4/h7-8,10,13H,5-6,9,11H2,1-4H3,(H,18,21). The molecule has 7 nitrogen and oxygen atoms in total. The summed E-state index contributed by atoms with van der Waals surface area (Å²) in [5.74, 6) is 0. The largest absolute Gasteiger partial charge is 0.444 e. The third-order valence-electron chi connectivity index (χ3n) is 3.88. The van der Waals surface area contributed by atoms with Gasteiger partial charge in [0.2, 0.25) is 0 Å². The van der Waals surface area contributed by atoms with Crippen LogP contribution in [0.15, 0.2) is 18.2 Å². The SMILES string of the molecule is Cc1cc(N2CCCC(NC(=O)OC(C)(C)C)C2)ccc1[N+](=O)[O-]. The molecule has 1 heterocycles. The molecule has 1 unspecified atom stereocenters. The predicted molar refractivity (Wildman–Crippen MR) is 92.4 cm³/mol. The number of hydrogen-bond acceptors (Lipinski definition) is 5. The summed E-state index contributed by atoms with van der Waals surface area (Å²) in [6, 6.07) is 5.13. The van der Waals surface area contributed by atoms with Crippen LogP contribution in [0.4, 0.5) is 16.2 Å². The van der Waals surface area contributed by atoms with Crippen molar-refractivity contribution in [2.75, 3.05) is 18.0 Å². The fourth-order valence-electron chi connectivity index (χ4n) is 2.84. The van der Waals surface area contributed by atoms with Crippen LogP contribution in [0.3, 0.4) is 0 Å². The molecule has 132 valence electrons. The maximum Gasteiger partial charge on any atom is 0.407 e. The van der Waals surface area contributed by atoms with Crippen LogP contribution in [0.25, 0.3) is 0 Å². The fraction of sp³-hybridized carbons (Fsp3) is 0.588. The molecular weight excluding hydrogens is 310 g/mol. The first kappa shape index (κ1) is 18.0. The molecule has 0 bridgehead atoms. The number of carbonyl (C=O) groups excluding carboxylic acids is 1. The highest BCUT2D eigenvalue weighted by atomic mass is 16.6. The van der Waals surface area contributed by atoms with Crippen molar-refractivity contribution in [1.82, 2.24) is 5.32 Å². The van der Waals surface area contributed by atoms with Crippen LogP contribution < -0.4 is 10.2 Å². The highest BCUT2D eigenvalue weighted by Gasteiger charge is 2.25. The molecule has 2 rings (SSSR count). The summed E-state index contributed by atoms with van der Waals surface area (Å²) in [4.78, 5) is 24.6. The normalized spacial score (nSPS) is 18.2. The summed E-state index contributed by atoms with van der Waals surface area (Å²) in [7, 11) is 0. The number of nitro groups is 1. The lowest BCUT2D eigenvalue weighted by Gasteiger charge is -2.35. The second-order valence-electron chi connectivity index (χ2n) is 7.16. The van der Waals surface area contributed by atoms with Crippen LogP contribution in [0.5, 0.6) is 0 Å². The van der Waals surface area contributed by atoms with Gasteiger partial charge in [-0.15, -0.1) is 0 Å². The molecule has 24 heavy (non-hydrogen) atoms. The zero-order valence-corrected chi connectivity index (χ0v) is 14.7. The quantitative estimate of drug-likeness (QED) is 0.676. The lowest BCUT2D eigenvalue weighted by Crippen LogP contribution is -2.49. The van der Waals surface area contributed by atoms with Gasteiger partial charge in [0.25, 0.3) is 5.69 Å². The van der Waals surface area contributed by atoms with Gasteiger partial charge in [-0.1, -0.05) is 0 Å². The Hall–Kier alpha value is -2.31. The van der Waals surface area contributed by atoms with Gasteiger partial charge >= 0.3 is 6.09 Å². The summed E-state index contributed by atoms with van der Waals surface area (Å²) in [6.45, 7) is 8.76. The van der Waals surface area contributed by atoms with E-state index in [1.165, 1.54) is 6.07 Å². The number of ether oxygens (including phenoxy) is 1. The van der Waals surface area contributed by atoms with E-state index in [1.807, 2.05) is 26.8 Å². The number of alkyl carbamates (subject to hydrolysis) is 1. The summed E-state index contributed by atoms with van der Waals surface area (Å²) in [5, 5.41) is 13.8. The topological polar surface area (TPSA) is 84.7 Å². The molecule has 0 radical (unpaired) electrons. The number of nitrogens with one attached hydrogen (secondary N) is 1. The first-order chi connectivity index (χ1) is 11.2. The maximum absolute atomic E-state index is 11.9. The van der Waals surface area contributed by atoms with Gasteiger partial charge in [0.15, 0.2) is 0 Å². The van der Waals surface area contributed by atoms with E-state index in [0.717, 1.165) is 25.1 Å². The number of piperidine rings is 1. The lowest BCUT2D eigenvalue weighted by atomic mass is 10.0. The highest BCUT2D eigenvalue weighted by molar-refractivity contribution is 5.68. The van der Waals surface area contributed by atoms with Gasteiger partial charge in [-0.05, 0) is 52.7 Å². The van der Waals surface area contributed by atoms with E-state index in [1.54, 1.807) is 13.0 Å². The van der Waals surface area contributed by atoms with Crippen LogP contribution in [0.1, 0.15) is 39.2 Å². The van der Waals surface area contributed by atoms with Crippen LogP contribution >= 0.6 is 0 Å². The van der Waals surface area contributed by atoms with Crippen LogP contribution in [0.2, 0.25) is 0 Å². The molecule has 1 saturated heterocycles. The Morgan fingerprint density at radius 3 is 2.71 bits per heavy atom. The van der Waals surface area contributed by atoms with Crippen molar-refractivity contribution in [2.45, 2.75) is 52.2 Å². The summed E-state index contributed by atoms with van der Waals surface area (Å²) in [5.41, 5.74) is 1.18. The first-order valence-corrected chi connectivity index (χ1v) is 8.15. The number of nitrogens with zero attached hydrogens (tertiary/aromatic N) is 2. The van der Waals surface area contributed by atoms with Crippen LogP contribution in [-0.2, 0) is 4.74 Å². The van der Waals surface area contributed by atoms with Gasteiger partial charge in [-0.25, -0.2) is 4.79 Å². The molecule has 1 aromatic rings. The number of hydrogen-bond donors (Lipinski definition) is 1. The van der Waals surface area contributed by atoms with Gasteiger partial charge < -0.3 is 15.0 Å². The molecule has 1 fully saturated rings. The predicted octanol–water partition coefficient (Wildman–Crippen LogP) is 3.40. The zero-order chi connectivity index (χ0) is 17.9. The number of anilines is 1. The molecule has 1 aromatic carbocycles. The first-order valence-electron chi connectivity index (χ1n) is 8.15. The van der Waals surface area contributed by atoms with Crippen molar-refractivity contribution < 1.29 is 14.5 Å². The molecule has 0 saturated carbocycles. The molecule has 1 N–H and O–H groups in total. The van der Waals surface area contributed by atoms with Gasteiger partial charge in [0, 0.05) is 36.4 Å². The molecule has 7 heteroatoms. The van der Waals surface area contributed by atoms with Crippen molar-refractivity contribution >= 4 is 17.5 Å². The van der Waals surface area contributed by atoms with Gasteiger partial charge in [0.1, 0.15) is 5.60 Å². The van der Waals surface area contributed by atoms with Crippen LogP contribution in [-0.4, -0.2) is 35.7 Å². The Labute approximate surface area is 142 Å². The van der Waals surface area contributed by atoms with E-state index < -0.39 is 11.7 Å². The summed E-state index contributed by atoms with van der Waals surface area (Å²) in [6.07, 6.45) is 1.42. The summed E-state index contributed by atoms with van der Waals surface area (Å²) >= 11 is 0. The molecular formula is C17H25N3O4. The molecule has 1 aliphatic rings. The number of carbonyl (C=O) groups is 1. The number of rotatable bonds is 3. The van der Waals surface area contributed by atoms with E-state index in [0.29, 0.717) is 12.1 Å². The minimum atomic E-state index is -0.520. The van der Waals surface area contributed by atoms with E-state index in [-0.39, 0.29) is 16.7 Å². The minimum absolute atomic E-state index is 0.00379. The monoisotopic (exact) mass is 335 g/mol. The van der Waals surface area contributed by atoms with E-state index in [2.05, 4.69) is 10.2 Å². The number of benzene rings is 1. The number of nitro benzene ring substituents is 1. The van der Waals surface area contributed by atoms with Gasteiger partial charge in [-0.3, -0.25) is 10.1 Å². The van der Waals surface area contributed by atoms with E-state index >= 15 is 0 Å². The molecule has 1 aliphatic heterocycles. The van der Waals surface area contributed by atoms with E-state index in [9.17, 15) is 14.9 Å². The Kier molecular flexibility index (Phi) is 5.31. The Morgan fingerprint density at radius 1 is 1.42 bits per heavy atom. The fourth-order valence-corrected chi connectivity index (χ4v) is 2.84. The number of aryl methyl sites for hydroxylation is 1. The average Bonchev–Trinajstić information content (AvgIpc) is 2.44. The Morgan fingerprint density at radius 2 is 2.12 bits per heavy atom.